The molecule has 168 valence electrons. The van der Waals surface area contributed by atoms with Gasteiger partial charge in [0.1, 0.15) is 0 Å². The first-order valence-corrected chi connectivity index (χ1v) is 11.9. The van der Waals surface area contributed by atoms with Crippen LogP contribution >= 0.6 is 0 Å². The first-order chi connectivity index (χ1) is 14.9. The number of carbonyl (C=O) groups is 1. The minimum absolute atomic E-state index is 0.0888. The van der Waals surface area contributed by atoms with Crippen molar-refractivity contribution < 1.29 is 22.7 Å². The maximum Gasteiger partial charge on any atom is 0.243 e. The van der Waals surface area contributed by atoms with Gasteiger partial charge in [-0.1, -0.05) is 37.5 Å². The van der Waals surface area contributed by atoms with Gasteiger partial charge in [0.25, 0.3) is 0 Å². The highest BCUT2D eigenvalue weighted by Gasteiger charge is 2.35. The Morgan fingerprint density at radius 1 is 0.968 bits per heavy atom. The lowest BCUT2D eigenvalue weighted by Crippen LogP contribution is -2.47. The molecule has 1 aliphatic rings. The summed E-state index contributed by atoms with van der Waals surface area (Å²) in [4.78, 5) is 14.7. The van der Waals surface area contributed by atoms with E-state index >= 15 is 0 Å². The summed E-state index contributed by atoms with van der Waals surface area (Å²) in [6, 6.07) is 13.5. The van der Waals surface area contributed by atoms with E-state index in [2.05, 4.69) is 0 Å². The van der Waals surface area contributed by atoms with Crippen molar-refractivity contribution in [2.75, 3.05) is 32.7 Å². The average Bonchev–Trinajstić information content (AvgIpc) is 2.82. The number of carbonyl (C=O) groups excluding carboxylic acids is 1. The molecular formula is C23H30N2O5S. The van der Waals surface area contributed by atoms with Crippen molar-refractivity contribution in [1.29, 1.82) is 0 Å². The fraction of sp³-hybridized carbons (Fsp3) is 0.435. The predicted octanol–water partition coefficient (Wildman–Crippen LogP) is 3.69. The smallest absolute Gasteiger partial charge is 0.243 e. The molecule has 2 aromatic carbocycles. The molecule has 0 unspecified atom stereocenters. The van der Waals surface area contributed by atoms with Gasteiger partial charge in [0.2, 0.25) is 15.9 Å². The Morgan fingerprint density at radius 2 is 1.61 bits per heavy atom. The molecule has 0 bridgehead atoms. The number of nitrogens with zero attached hydrogens (tertiary/aromatic N) is 2. The van der Waals surface area contributed by atoms with Crippen LogP contribution in [-0.4, -0.2) is 52.5 Å². The number of sulfonamides is 1. The van der Waals surface area contributed by atoms with E-state index < -0.39 is 10.0 Å². The molecule has 0 aromatic heterocycles. The van der Waals surface area contributed by atoms with Crippen LogP contribution in [0.1, 0.15) is 32.1 Å². The SMILES string of the molecule is COc1ccc(S(=O)(=O)N(CC(=O)N(C)c2ccccc2)C2CCCCC2)cc1OC. The third kappa shape index (κ3) is 5.19. The summed E-state index contributed by atoms with van der Waals surface area (Å²) < 4.78 is 39.2. The number of hydrogen-bond acceptors (Lipinski definition) is 5. The van der Waals surface area contributed by atoms with Gasteiger partial charge in [-0.25, -0.2) is 8.42 Å². The lowest BCUT2D eigenvalue weighted by molar-refractivity contribution is -0.119. The van der Waals surface area contributed by atoms with Crippen LogP contribution in [0.3, 0.4) is 0 Å². The summed E-state index contributed by atoms with van der Waals surface area (Å²) in [5.74, 6) is 0.506. The van der Waals surface area contributed by atoms with Gasteiger partial charge in [-0.3, -0.25) is 4.79 Å². The summed E-state index contributed by atoms with van der Waals surface area (Å²) in [7, 11) is 0.710. The number of ether oxygens (including phenoxy) is 2. The van der Waals surface area contributed by atoms with Gasteiger partial charge in [-0.05, 0) is 37.1 Å². The Labute approximate surface area is 184 Å². The highest BCUT2D eigenvalue weighted by atomic mass is 32.2. The van der Waals surface area contributed by atoms with Crippen LogP contribution in [0.2, 0.25) is 0 Å². The molecule has 0 atom stereocenters. The molecule has 1 fully saturated rings. The molecule has 3 rings (SSSR count). The molecule has 0 aliphatic heterocycles. The molecular weight excluding hydrogens is 416 g/mol. The van der Waals surface area contributed by atoms with Crippen LogP contribution in [0.5, 0.6) is 11.5 Å². The molecule has 8 heteroatoms. The molecule has 0 radical (unpaired) electrons. The van der Waals surface area contributed by atoms with Gasteiger partial charge in [-0.15, -0.1) is 0 Å². The second kappa shape index (κ2) is 10.2. The molecule has 0 spiro atoms. The fourth-order valence-corrected chi connectivity index (χ4v) is 5.58. The summed E-state index contributed by atoms with van der Waals surface area (Å²) in [6.07, 6.45) is 4.47. The summed E-state index contributed by atoms with van der Waals surface area (Å²) in [5, 5.41) is 0. The Morgan fingerprint density at radius 3 is 2.23 bits per heavy atom. The lowest BCUT2D eigenvalue weighted by atomic mass is 9.95. The van der Waals surface area contributed by atoms with E-state index in [-0.39, 0.29) is 23.4 Å². The molecule has 0 saturated heterocycles. The van der Waals surface area contributed by atoms with Crippen molar-refractivity contribution in [3.05, 3.63) is 48.5 Å². The zero-order chi connectivity index (χ0) is 22.4. The molecule has 1 amide bonds. The largest absolute Gasteiger partial charge is 0.493 e. The normalized spacial score (nSPS) is 15.0. The topological polar surface area (TPSA) is 76.2 Å². The number of methoxy groups -OCH3 is 2. The Kier molecular flexibility index (Phi) is 7.56. The van der Waals surface area contributed by atoms with Gasteiger partial charge >= 0.3 is 0 Å². The summed E-state index contributed by atoms with van der Waals surface area (Å²) in [6.45, 7) is -0.216. The van der Waals surface area contributed by atoms with Crippen LogP contribution in [0.15, 0.2) is 53.4 Å². The van der Waals surface area contributed by atoms with E-state index in [1.54, 1.807) is 13.1 Å². The molecule has 1 aliphatic carbocycles. The van der Waals surface area contributed by atoms with Crippen molar-refractivity contribution in [3.8, 4) is 11.5 Å². The van der Waals surface area contributed by atoms with E-state index in [0.717, 1.165) is 37.8 Å². The zero-order valence-corrected chi connectivity index (χ0v) is 19.1. The number of benzene rings is 2. The number of rotatable bonds is 8. The molecule has 7 nitrogen and oxygen atoms in total. The Bertz CT molecular complexity index is 988. The zero-order valence-electron chi connectivity index (χ0n) is 18.3. The Balaban J connectivity index is 1.93. The first kappa shape index (κ1) is 23.1. The minimum Gasteiger partial charge on any atom is -0.493 e. The third-order valence-corrected chi connectivity index (χ3v) is 7.65. The third-order valence-electron chi connectivity index (χ3n) is 5.75. The summed E-state index contributed by atoms with van der Waals surface area (Å²) >= 11 is 0. The lowest BCUT2D eigenvalue weighted by Gasteiger charge is -2.34. The quantitative estimate of drug-likeness (QED) is 0.618. The molecule has 1 saturated carbocycles. The fourth-order valence-electron chi connectivity index (χ4n) is 3.93. The molecule has 0 heterocycles. The van der Waals surface area contributed by atoms with E-state index in [1.807, 2.05) is 30.3 Å². The number of anilines is 1. The van der Waals surface area contributed by atoms with Gasteiger partial charge in [0, 0.05) is 24.8 Å². The highest BCUT2D eigenvalue weighted by molar-refractivity contribution is 7.89. The maximum atomic E-state index is 13.7. The second-order valence-electron chi connectivity index (χ2n) is 7.65. The minimum atomic E-state index is -3.92. The van der Waals surface area contributed by atoms with Crippen molar-refractivity contribution in [2.45, 2.75) is 43.0 Å². The number of amides is 1. The molecule has 0 N–H and O–H groups in total. The van der Waals surface area contributed by atoms with E-state index in [0.29, 0.717) is 11.5 Å². The number of likely N-dealkylation sites (N-methyl/N-ethyl adjacent to an activating group) is 1. The van der Waals surface area contributed by atoms with E-state index in [4.69, 9.17) is 9.47 Å². The van der Waals surface area contributed by atoms with Crippen molar-refractivity contribution in [2.24, 2.45) is 0 Å². The van der Waals surface area contributed by atoms with Gasteiger partial charge in [-0.2, -0.15) is 4.31 Å². The Hall–Kier alpha value is -2.58. The van der Waals surface area contributed by atoms with Crippen molar-refractivity contribution in [1.82, 2.24) is 4.31 Å². The van der Waals surface area contributed by atoms with Crippen LogP contribution in [-0.2, 0) is 14.8 Å². The number of hydrogen-bond donors (Lipinski definition) is 0. The second-order valence-corrected chi connectivity index (χ2v) is 9.54. The van der Waals surface area contributed by atoms with Crippen LogP contribution in [0.4, 0.5) is 5.69 Å². The van der Waals surface area contributed by atoms with Gasteiger partial charge in [0.05, 0.1) is 25.7 Å². The van der Waals surface area contributed by atoms with Crippen molar-refractivity contribution >= 4 is 21.6 Å². The summed E-state index contributed by atoms with van der Waals surface area (Å²) in [5.41, 5.74) is 0.722. The first-order valence-electron chi connectivity index (χ1n) is 10.4. The van der Waals surface area contributed by atoms with Crippen LogP contribution < -0.4 is 14.4 Å². The molecule has 2 aromatic rings. The van der Waals surface area contributed by atoms with Crippen molar-refractivity contribution in [3.63, 3.8) is 0 Å². The van der Waals surface area contributed by atoms with E-state index in [1.165, 1.54) is 35.6 Å². The highest BCUT2D eigenvalue weighted by Crippen LogP contribution is 2.33. The number of para-hydroxylation sites is 1. The molecule has 31 heavy (non-hydrogen) atoms. The van der Waals surface area contributed by atoms with Crippen LogP contribution in [0.25, 0.3) is 0 Å². The maximum absolute atomic E-state index is 13.7. The standard InChI is InChI=1S/C23H30N2O5S/c1-24(18-10-6-4-7-11-18)23(26)17-25(19-12-8-5-9-13-19)31(27,28)20-14-15-21(29-2)22(16-20)30-3/h4,6-7,10-11,14-16,19H,5,8-9,12-13,17H2,1-3H3. The van der Waals surface area contributed by atoms with Gasteiger partial charge < -0.3 is 14.4 Å². The predicted molar refractivity (Wildman–Crippen MR) is 120 cm³/mol. The van der Waals surface area contributed by atoms with Crippen LogP contribution in [0, 0.1) is 0 Å². The van der Waals surface area contributed by atoms with E-state index in [9.17, 15) is 13.2 Å². The van der Waals surface area contributed by atoms with Gasteiger partial charge in [0.15, 0.2) is 11.5 Å². The monoisotopic (exact) mass is 446 g/mol. The average molecular weight is 447 g/mol.